The van der Waals surface area contributed by atoms with Crippen molar-refractivity contribution in [3.05, 3.63) is 29.3 Å². The van der Waals surface area contributed by atoms with E-state index in [0.29, 0.717) is 11.6 Å². The Bertz CT molecular complexity index is 501. The van der Waals surface area contributed by atoms with Crippen LogP contribution in [0.15, 0.2) is 18.2 Å². The second-order valence-electron chi connectivity index (χ2n) is 5.58. The Morgan fingerprint density at radius 1 is 1.32 bits per heavy atom. The first-order valence-electron chi connectivity index (χ1n) is 6.98. The van der Waals surface area contributed by atoms with Crippen LogP contribution in [0.2, 0.25) is 0 Å². The molecule has 0 aliphatic carbocycles. The molecule has 2 fully saturated rings. The average Bonchev–Trinajstić information content (AvgIpc) is 2.85. The van der Waals surface area contributed by atoms with Crippen molar-refractivity contribution < 1.29 is 9.90 Å². The zero-order chi connectivity index (χ0) is 13.4. The summed E-state index contributed by atoms with van der Waals surface area (Å²) in [6.45, 7) is 6.37. The molecule has 4 heteroatoms. The number of piperazine rings is 1. The van der Waals surface area contributed by atoms with E-state index in [0.717, 1.165) is 30.9 Å². The van der Waals surface area contributed by atoms with E-state index in [4.69, 9.17) is 5.11 Å². The molecule has 19 heavy (non-hydrogen) atoms. The van der Waals surface area contributed by atoms with Gasteiger partial charge in [0.05, 0.1) is 5.56 Å². The molecular weight excluding hydrogens is 240 g/mol. The molecule has 0 amide bonds. The molecule has 1 aromatic carbocycles. The third-order valence-corrected chi connectivity index (χ3v) is 4.39. The van der Waals surface area contributed by atoms with Gasteiger partial charge in [0.15, 0.2) is 0 Å². The normalized spacial score (nSPS) is 23.4. The van der Waals surface area contributed by atoms with Crippen LogP contribution in [-0.2, 0) is 0 Å². The van der Waals surface area contributed by atoms with Gasteiger partial charge in [0, 0.05) is 31.4 Å². The van der Waals surface area contributed by atoms with Crippen LogP contribution >= 0.6 is 0 Å². The molecule has 3 rings (SSSR count). The van der Waals surface area contributed by atoms with Crippen molar-refractivity contribution in [2.75, 3.05) is 31.1 Å². The van der Waals surface area contributed by atoms with Crippen LogP contribution in [0.5, 0.6) is 0 Å². The number of benzene rings is 1. The van der Waals surface area contributed by atoms with E-state index in [-0.39, 0.29) is 0 Å². The summed E-state index contributed by atoms with van der Waals surface area (Å²) in [7, 11) is 0. The molecule has 0 saturated carbocycles. The number of carbonyl (C=O) groups is 1. The molecule has 0 spiro atoms. The molecule has 2 aliphatic heterocycles. The van der Waals surface area contributed by atoms with Gasteiger partial charge in [-0.2, -0.15) is 0 Å². The van der Waals surface area contributed by atoms with Crippen molar-refractivity contribution in [1.82, 2.24) is 4.90 Å². The Morgan fingerprint density at radius 3 is 2.89 bits per heavy atom. The molecule has 2 heterocycles. The van der Waals surface area contributed by atoms with Gasteiger partial charge in [-0.25, -0.2) is 4.79 Å². The largest absolute Gasteiger partial charge is 0.478 e. The van der Waals surface area contributed by atoms with Crippen molar-refractivity contribution >= 4 is 11.7 Å². The fourth-order valence-corrected chi connectivity index (χ4v) is 3.31. The number of carboxylic acids is 1. The second-order valence-corrected chi connectivity index (χ2v) is 5.58. The Kier molecular flexibility index (Phi) is 3.19. The van der Waals surface area contributed by atoms with E-state index < -0.39 is 5.97 Å². The van der Waals surface area contributed by atoms with Crippen molar-refractivity contribution in [3.8, 4) is 0 Å². The van der Waals surface area contributed by atoms with E-state index in [1.165, 1.54) is 19.4 Å². The van der Waals surface area contributed by atoms with Crippen LogP contribution in [-0.4, -0.2) is 48.2 Å². The molecule has 1 N–H and O–H groups in total. The Labute approximate surface area is 113 Å². The molecule has 0 radical (unpaired) electrons. The summed E-state index contributed by atoms with van der Waals surface area (Å²) in [4.78, 5) is 16.0. The van der Waals surface area contributed by atoms with Gasteiger partial charge in [-0.05, 0) is 50.1 Å². The quantitative estimate of drug-likeness (QED) is 0.883. The number of hydrogen-bond donors (Lipinski definition) is 1. The summed E-state index contributed by atoms with van der Waals surface area (Å²) < 4.78 is 0. The van der Waals surface area contributed by atoms with Crippen LogP contribution in [0.25, 0.3) is 0 Å². The zero-order valence-corrected chi connectivity index (χ0v) is 11.3. The van der Waals surface area contributed by atoms with E-state index in [2.05, 4.69) is 9.80 Å². The molecule has 1 unspecified atom stereocenters. The lowest BCUT2D eigenvalue weighted by atomic mass is 10.1. The number of hydrogen-bond acceptors (Lipinski definition) is 3. The van der Waals surface area contributed by atoms with Crippen LogP contribution < -0.4 is 4.90 Å². The molecule has 1 atom stereocenters. The fourth-order valence-electron chi connectivity index (χ4n) is 3.31. The van der Waals surface area contributed by atoms with E-state index in [9.17, 15) is 4.79 Å². The highest BCUT2D eigenvalue weighted by Gasteiger charge is 2.30. The third-order valence-electron chi connectivity index (χ3n) is 4.39. The van der Waals surface area contributed by atoms with Gasteiger partial charge in [-0.3, -0.25) is 4.90 Å². The van der Waals surface area contributed by atoms with Crippen LogP contribution in [0.1, 0.15) is 28.8 Å². The number of aryl methyl sites for hydroxylation is 1. The maximum absolute atomic E-state index is 11.0. The van der Waals surface area contributed by atoms with E-state index in [1.54, 1.807) is 6.07 Å². The molecule has 102 valence electrons. The maximum atomic E-state index is 11.0. The summed E-state index contributed by atoms with van der Waals surface area (Å²) in [6, 6.07) is 6.37. The summed E-state index contributed by atoms with van der Waals surface area (Å²) in [5.41, 5.74) is 2.41. The smallest absolute Gasteiger partial charge is 0.335 e. The fraction of sp³-hybridized carbons (Fsp3) is 0.533. The minimum Gasteiger partial charge on any atom is -0.478 e. The summed E-state index contributed by atoms with van der Waals surface area (Å²) in [5.74, 6) is -0.843. The van der Waals surface area contributed by atoms with Crippen LogP contribution in [0.4, 0.5) is 5.69 Å². The molecule has 1 aromatic rings. The highest BCUT2D eigenvalue weighted by atomic mass is 16.4. The molecule has 4 nitrogen and oxygen atoms in total. The van der Waals surface area contributed by atoms with Crippen molar-refractivity contribution in [2.45, 2.75) is 25.8 Å². The van der Waals surface area contributed by atoms with E-state index >= 15 is 0 Å². The topological polar surface area (TPSA) is 43.8 Å². The second kappa shape index (κ2) is 4.85. The number of aromatic carboxylic acids is 1. The Morgan fingerprint density at radius 2 is 2.16 bits per heavy atom. The van der Waals surface area contributed by atoms with Gasteiger partial charge < -0.3 is 10.0 Å². The van der Waals surface area contributed by atoms with Crippen molar-refractivity contribution in [1.29, 1.82) is 0 Å². The Balaban J connectivity index is 1.79. The SMILES string of the molecule is Cc1cc(N2CCN3CCCC3C2)ccc1C(=O)O. The zero-order valence-electron chi connectivity index (χ0n) is 11.3. The lowest BCUT2D eigenvalue weighted by Crippen LogP contribution is -2.50. The van der Waals surface area contributed by atoms with Gasteiger partial charge in [0.2, 0.25) is 0 Å². The number of carboxylic acid groups (broad SMARTS) is 1. The van der Waals surface area contributed by atoms with Gasteiger partial charge in [-0.15, -0.1) is 0 Å². The van der Waals surface area contributed by atoms with Gasteiger partial charge in [-0.1, -0.05) is 0 Å². The molecule has 2 aliphatic rings. The van der Waals surface area contributed by atoms with Gasteiger partial charge in [0.1, 0.15) is 0 Å². The minimum absolute atomic E-state index is 0.406. The van der Waals surface area contributed by atoms with E-state index in [1.807, 2.05) is 19.1 Å². The van der Waals surface area contributed by atoms with Crippen molar-refractivity contribution in [2.24, 2.45) is 0 Å². The summed E-state index contributed by atoms with van der Waals surface area (Å²) in [6.07, 6.45) is 2.61. The van der Waals surface area contributed by atoms with Gasteiger partial charge in [0.25, 0.3) is 0 Å². The number of nitrogens with zero attached hydrogens (tertiary/aromatic N) is 2. The molecule has 2 saturated heterocycles. The maximum Gasteiger partial charge on any atom is 0.335 e. The van der Waals surface area contributed by atoms with Gasteiger partial charge >= 0.3 is 5.97 Å². The number of fused-ring (bicyclic) bond motifs is 1. The first-order valence-corrected chi connectivity index (χ1v) is 6.98. The first-order chi connectivity index (χ1) is 9.15. The minimum atomic E-state index is -0.843. The number of rotatable bonds is 2. The summed E-state index contributed by atoms with van der Waals surface area (Å²) >= 11 is 0. The molecule has 0 aromatic heterocycles. The lowest BCUT2D eigenvalue weighted by molar-refractivity contribution is 0.0696. The standard InChI is InChI=1S/C15H20N2O2/c1-11-9-12(4-5-14(11)15(18)19)17-8-7-16-6-2-3-13(16)10-17/h4-5,9,13H,2-3,6-8,10H2,1H3,(H,18,19). The lowest BCUT2D eigenvalue weighted by Gasteiger charge is -2.39. The van der Waals surface area contributed by atoms with Crippen molar-refractivity contribution in [3.63, 3.8) is 0 Å². The third kappa shape index (κ3) is 2.32. The van der Waals surface area contributed by atoms with Crippen LogP contribution in [0, 0.1) is 6.92 Å². The number of anilines is 1. The highest BCUT2D eigenvalue weighted by molar-refractivity contribution is 5.89. The predicted octanol–water partition coefficient (Wildman–Crippen LogP) is 1.98. The van der Waals surface area contributed by atoms with Crippen LogP contribution in [0.3, 0.4) is 0 Å². The molecular formula is C15H20N2O2. The predicted molar refractivity (Wildman–Crippen MR) is 74.9 cm³/mol. The summed E-state index contributed by atoms with van der Waals surface area (Å²) in [5, 5.41) is 9.07. The monoisotopic (exact) mass is 260 g/mol. The molecule has 0 bridgehead atoms. The Hall–Kier alpha value is -1.55. The first kappa shape index (κ1) is 12.5. The highest BCUT2D eigenvalue weighted by Crippen LogP contribution is 2.26. The average molecular weight is 260 g/mol.